The number of aromatic nitrogens is 2. The molecule has 1 aromatic carbocycles. The number of anilines is 2. The summed E-state index contributed by atoms with van der Waals surface area (Å²) in [7, 11) is 0. The summed E-state index contributed by atoms with van der Waals surface area (Å²) in [5, 5.41) is 7.06. The number of nitrogen functional groups attached to an aromatic ring is 1. The van der Waals surface area contributed by atoms with Crippen molar-refractivity contribution in [1.82, 2.24) is 15.1 Å². The molecule has 1 aliphatic rings. The van der Waals surface area contributed by atoms with Gasteiger partial charge in [-0.15, -0.1) is 0 Å². The molecule has 0 radical (unpaired) electrons. The lowest BCUT2D eigenvalue weighted by Crippen LogP contribution is -2.49. The molecule has 1 fully saturated rings. The van der Waals surface area contributed by atoms with Crippen LogP contribution >= 0.6 is 0 Å². The summed E-state index contributed by atoms with van der Waals surface area (Å²) in [6.07, 6.45) is 0. The van der Waals surface area contributed by atoms with Crippen molar-refractivity contribution in [3.63, 3.8) is 0 Å². The second-order valence-corrected chi connectivity index (χ2v) is 5.84. The Hall–Kier alpha value is -2.01. The molecule has 2 heterocycles. The molecular weight excluding hydrogens is 262 g/mol. The highest BCUT2D eigenvalue weighted by atomic mass is 15.3. The zero-order chi connectivity index (χ0) is 14.8. The summed E-state index contributed by atoms with van der Waals surface area (Å²) in [5.41, 5.74) is 9.13. The normalized spacial score (nSPS) is 16.6. The van der Waals surface area contributed by atoms with E-state index in [1.807, 2.05) is 6.07 Å². The second kappa shape index (κ2) is 5.77. The van der Waals surface area contributed by atoms with Crippen LogP contribution in [0.4, 0.5) is 11.5 Å². The van der Waals surface area contributed by atoms with Gasteiger partial charge in [0, 0.05) is 49.5 Å². The summed E-state index contributed by atoms with van der Waals surface area (Å²) in [6, 6.07) is 11.0. The van der Waals surface area contributed by atoms with E-state index < -0.39 is 0 Å². The van der Waals surface area contributed by atoms with Gasteiger partial charge in [-0.05, 0) is 19.9 Å². The molecule has 3 N–H and O–H groups in total. The third-order valence-corrected chi connectivity index (χ3v) is 4.18. The molecule has 0 spiro atoms. The Morgan fingerprint density at radius 1 is 1.14 bits per heavy atom. The molecule has 0 unspecified atom stereocenters. The monoisotopic (exact) mass is 285 g/mol. The average molecular weight is 285 g/mol. The van der Waals surface area contributed by atoms with Crippen molar-refractivity contribution in [1.29, 1.82) is 0 Å². The summed E-state index contributed by atoms with van der Waals surface area (Å²) >= 11 is 0. The number of nitrogens with zero attached hydrogens (tertiary/aromatic N) is 3. The van der Waals surface area contributed by atoms with Crippen LogP contribution in [0.5, 0.6) is 0 Å². The zero-order valence-corrected chi connectivity index (χ0v) is 12.7. The molecule has 112 valence electrons. The lowest BCUT2D eigenvalue weighted by molar-refractivity contribution is 0.209. The summed E-state index contributed by atoms with van der Waals surface area (Å²) in [6.45, 7) is 8.85. The topological polar surface area (TPSA) is 61.2 Å². The first kappa shape index (κ1) is 13.9. The van der Waals surface area contributed by atoms with Gasteiger partial charge in [0.25, 0.3) is 0 Å². The van der Waals surface area contributed by atoms with Crippen LogP contribution in [-0.2, 0) is 0 Å². The molecule has 3 rings (SSSR count). The van der Waals surface area contributed by atoms with Gasteiger partial charge < -0.3 is 10.6 Å². The number of piperazine rings is 1. The minimum absolute atomic E-state index is 0.532. The van der Waals surface area contributed by atoms with E-state index in [1.165, 1.54) is 11.3 Å². The van der Waals surface area contributed by atoms with E-state index in [0.717, 1.165) is 31.9 Å². The van der Waals surface area contributed by atoms with Gasteiger partial charge in [0.15, 0.2) is 0 Å². The Morgan fingerprint density at radius 3 is 2.48 bits per heavy atom. The van der Waals surface area contributed by atoms with Gasteiger partial charge in [-0.25, -0.2) is 0 Å². The van der Waals surface area contributed by atoms with Crippen LogP contribution in [-0.4, -0.2) is 47.3 Å². The number of aromatic amines is 1. The van der Waals surface area contributed by atoms with Gasteiger partial charge in [0.05, 0.1) is 5.69 Å². The first-order valence-corrected chi connectivity index (χ1v) is 7.54. The first-order chi connectivity index (χ1) is 10.1. The predicted octanol–water partition coefficient (Wildman–Crippen LogP) is 2.19. The van der Waals surface area contributed by atoms with E-state index in [0.29, 0.717) is 11.9 Å². The Bertz CT molecular complexity index is 596. The molecule has 0 atom stereocenters. The van der Waals surface area contributed by atoms with Crippen LogP contribution in [0.3, 0.4) is 0 Å². The van der Waals surface area contributed by atoms with E-state index in [-0.39, 0.29) is 0 Å². The smallest absolute Gasteiger partial charge is 0.145 e. The van der Waals surface area contributed by atoms with Gasteiger partial charge in [-0.3, -0.25) is 10.00 Å². The van der Waals surface area contributed by atoms with E-state index in [9.17, 15) is 0 Å². The fraction of sp³-hybridized carbons (Fsp3) is 0.438. The lowest BCUT2D eigenvalue weighted by Gasteiger charge is -2.38. The van der Waals surface area contributed by atoms with Crippen molar-refractivity contribution in [3.8, 4) is 11.3 Å². The van der Waals surface area contributed by atoms with E-state index >= 15 is 0 Å². The Labute approximate surface area is 125 Å². The molecule has 0 aliphatic carbocycles. The van der Waals surface area contributed by atoms with Crippen LogP contribution in [0.2, 0.25) is 0 Å². The van der Waals surface area contributed by atoms with Gasteiger partial charge in [0.2, 0.25) is 0 Å². The molecule has 1 aliphatic heterocycles. The van der Waals surface area contributed by atoms with E-state index in [1.54, 1.807) is 0 Å². The third-order valence-electron chi connectivity index (χ3n) is 4.18. The van der Waals surface area contributed by atoms with Crippen molar-refractivity contribution in [2.45, 2.75) is 19.9 Å². The molecule has 5 nitrogen and oxygen atoms in total. The average Bonchev–Trinajstić information content (AvgIpc) is 2.94. The quantitative estimate of drug-likeness (QED) is 0.907. The number of H-pyrrole nitrogens is 1. The number of para-hydroxylation sites is 1. The predicted molar refractivity (Wildman–Crippen MR) is 87.4 cm³/mol. The number of rotatable bonds is 3. The number of hydrogen-bond donors (Lipinski definition) is 2. The van der Waals surface area contributed by atoms with Gasteiger partial charge in [-0.1, -0.05) is 18.2 Å². The minimum atomic E-state index is 0.532. The molecular formula is C16H23N5. The Morgan fingerprint density at radius 2 is 1.86 bits per heavy atom. The zero-order valence-electron chi connectivity index (χ0n) is 12.7. The lowest BCUT2D eigenvalue weighted by atomic mass is 10.1. The van der Waals surface area contributed by atoms with Gasteiger partial charge in [-0.2, -0.15) is 5.10 Å². The molecule has 1 saturated heterocycles. The Balaban J connectivity index is 1.83. The number of benzene rings is 1. The number of nitrogens with two attached hydrogens (primary N) is 1. The van der Waals surface area contributed by atoms with Crippen LogP contribution in [0.15, 0.2) is 30.3 Å². The van der Waals surface area contributed by atoms with Crippen molar-refractivity contribution in [3.05, 3.63) is 30.3 Å². The summed E-state index contributed by atoms with van der Waals surface area (Å²) in [4.78, 5) is 4.97. The maximum absolute atomic E-state index is 5.73. The maximum Gasteiger partial charge on any atom is 0.145 e. The van der Waals surface area contributed by atoms with Gasteiger partial charge >= 0.3 is 0 Å². The number of hydrogen-bond acceptors (Lipinski definition) is 4. The van der Waals surface area contributed by atoms with Crippen molar-refractivity contribution >= 4 is 11.5 Å². The van der Waals surface area contributed by atoms with Crippen LogP contribution < -0.4 is 10.6 Å². The van der Waals surface area contributed by atoms with Gasteiger partial charge in [0.1, 0.15) is 5.82 Å². The fourth-order valence-electron chi connectivity index (χ4n) is 2.93. The van der Waals surface area contributed by atoms with Crippen molar-refractivity contribution in [2.24, 2.45) is 0 Å². The van der Waals surface area contributed by atoms with Crippen molar-refractivity contribution < 1.29 is 0 Å². The Kier molecular flexibility index (Phi) is 3.84. The second-order valence-electron chi connectivity index (χ2n) is 5.84. The highest BCUT2D eigenvalue weighted by molar-refractivity contribution is 5.77. The molecule has 1 aromatic heterocycles. The fourth-order valence-corrected chi connectivity index (χ4v) is 2.93. The summed E-state index contributed by atoms with van der Waals surface area (Å²) < 4.78 is 0. The van der Waals surface area contributed by atoms with E-state index in [4.69, 9.17) is 5.73 Å². The molecule has 2 aromatic rings. The number of nitrogens with one attached hydrogen (secondary N) is 1. The SMILES string of the molecule is CC(C)N1CCN(c2ccccc2-c2cc(N)n[nH]2)CC1. The van der Waals surface area contributed by atoms with E-state index in [2.05, 4.69) is 58.1 Å². The maximum atomic E-state index is 5.73. The highest BCUT2D eigenvalue weighted by Crippen LogP contribution is 2.30. The molecule has 21 heavy (non-hydrogen) atoms. The van der Waals surface area contributed by atoms with Crippen LogP contribution in [0.1, 0.15) is 13.8 Å². The first-order valence-electron chi connectivity index (χ1n) is 7.54. The largest absolute Gasteiger partial charge is 0.382 e. The molecule has 5 heteroatoms. The highest BCUT2D eigenvalue weighted by Gasteiger charge is 2.21. The molecule has 0 saturated carbocycles. The van der Waals surface area contributed by atoms with Crippen molar-refractivity contribution in [2.75, 3.05) is 36.8 Å². The third kappa shape index (κ3) is 2.88. The minimum Gasteiger partial charge on any atom is -0.382 e. The standard InChI is InChI=1S/C16H23N5/c1-12(2)20-7-9-21(10-8-20)15-6-4-3-5-13(15)14-11-16(17)19-18-14/h3-6,11-12H,7-10H2,1-2H3,(H3,17,18,19). The molecule has 0 amide bonds. The molecule has 0 bridgehead atoms. The van der Waals surface area contributed by atoms with Crippen LogP contribution in [0, 0.1) is 0 Å². The summed E-state index contributed by atoms with van der Waals surface area (Å²) in [5.74, 6) is 0.532. The van der Waals surface area contributed by atoms with Crippen LogP contribution in [0.25, 0.3) is 11.3 Å².